The van der Waals surface area contributed by atoms with Crippen LogP contribution >= 0.6 is 11.6 Å². The van der Waals surface area contributed by atoms with Crippen LogP contribution in [0.4, 0.5) is 8.78 Å². The lowest BCUT2D eigenvalue weighted by Gasteiger charge is -2.02. The fraction of sp³-hybridized carbons (Fsp3) is 0.143. The van der Waals surface area contributed by atoms with Crippen LogP contribution in [0.15, 0.2) is 53.2 Å². The van der Waals surface area contributed by atoms with Crippen LogP contribution in [-0.4, -0.2) is 22.6 Å². The molecule has 0 spiro atoms. The van der Waals surface area contributed by atoms with Crippen LogP contribution in [0.2, 0.25) is 5.02 Å². The fourth-order valence-electron chi connectivity index (χ4n) is 3.13. The first-order valence-electron chi connectivity index (χ1n) is 8.93. The van der Waals surface area contributed by atoms with Gasteiger partial charge in [-0.15, -0.1) is 0 Å². The topological polar surface area (TPSA) is 70.9 Å². The zero-order chi connectivity index (χ0) is 20.4. The molecule has 0 aliphatic rings. The number of H-pyrrole nitrogens is 1. The maximum Gasteiger partial charge on any atom is 0.273 e. The lowest BCUT2D eigenvalue weighted by molar-refractivity contribution is 0.0945. The molecule has 2 aromatic carbocycles. The maximum atomic E-state index is 13.8. The van der Waals surface area contributed by atoms with Crippen molar-refractivity contribution in [1.82, 2.24) is 15.5 Å². The zero-order valence-electron chi connectivity index (χ0n) is 15.1. The van der Waals surface area contributed by atoms with Gasteiger partial charge in [0, 0.05) is 41.2 Å². The van der Waals surface area contributed by atoms with Crippen molar-refractivity contribution in [2.24, 2.45) is 0 Å². The fourth-order valence-corrected chi connectivity index (χ4v) is 3.31. The predicted molar refractivity (Wildman–Crippen MR) is 105 cm³/mol. The van der Waals surface area contributed by atoms with Gasteiger partial charge in [0.15, 0.2) is 17.3 Å². The third-order valence-electron chi connectivity index (χ3n) is 4.60. The largest absolute Gasteiger partial charge is 0.361 e. The van der Waals surface area contributed by atoms with E-state index < -0.39 is 17.5 Å². The number of carbonyl (C=O) groups excluding carboxylic acids is 1. The average Bonchev–Trinajstić information content (AvgIpc) is 3.33. The molecule has 2 N–H and O–H groups in total. The second-order valence-corrected chi connectivity index (χ2v) is 7.01. The molecule has 1 amide bonds. The van der Waals surface area contributed by atoms with Gasteiger partial charge in [0.05, 0.1) is 0 Å². The number of hydrogen-bond acceptors (Lipinski definition) is 3. The minimum Gasteiger partial charge on any atom is -0.361 e. The summed E-state index contributed by atoms with van der Waals surface area (Å²) < 4.78 is 32.1. The highest BCUT2D eigenvalue weighted by Crippen LogP contribution is 2.22. The Morgan fingerprint density at radius 2 is 2.03 bits per heavy atom. The molecule has 29 heavy (non-hydrogen) atoms. The normalized spacial score (nSPS) is 11.1. The molecule has 8 heteroatoms. The standard InChI is InChI=1S/C21H16ClF2N3O2/c22-14-4-5-18-16(9-14)13(11-26-18)6-7-25-21(28)19-10-15(29-27-19)8-12-2-1-3-17(23)20(12)24/h1-5,9-11,26H,6-8H2,(H,25,28). The first-order valence-corrected chi connectivity index (χ1v) is 9.31. The van der Waals surface area contributed by atoms with Gasteiger partial charge < -0.3 is 14.8 Å². The van der Waals surface area contributed by atoms with Crippen LogP contribution in [0.5, 0.6) is 0 Å². The van der Waals surface area contributed by atoms with Crippen LogP contribution in [0.25, 0.3) is 10.9 Å². The molecule has 148 valence electrons. The smallest absolute Gasteiger partial charge is 0.273 e. The first-order chi connectivity index (χ1) is 14.0. The number of hydrogen-bond donors (Lipinski definition) is 2. The Morgan fingerprint density at radius 3 is 2.90 bits per heavy atom. The van der Waals surface area contributed by atoms with Crippen LogP contribution in [-0.2, 0) is 12.8 Å². The maximum absolute atomic E-state index is 13.8. The monoisotopic (exact) mass is 415 g/mol. The minimum atomic E-state index is -0.936. The molecular formula is C21H16ClF2N3O2. The van der Waals surface area contributed by atoms with E-state index in [2.05, 4.69) is 15.5 Å². The van der Waals surface area contributed by atoms with Crippen LogP contribution in [0.3, 0.4) is 0 Å². The Kier molecular flexibility index (Phi) is 5.31. The van der Waals surface area contributed by atoms with E-state index in [-0.39, 0.29) is 23.4 Å². The number of rotatable bonds is 6. The third kappa shape index (κ3) is 4.14. The van der Waals surface area contributed by atoms with Gasteiger partial charge >= 0.3 is 0 Å². The van der Waals surface area contributed by atoms with Crippen LogP contribution in [0.1, 0.15) is 27.4 Å². The van der Waals surface area contributed by atoms with Crippen molar-refractivity contribution in [2.75, 3.05) is 6.54 Å². The molecule has 4 aromatic rings. The summed E-state index contributed by atoms with van der Waals surface area (Å²) in [7, 11) is 0. The van der Waals surface area contributed by atoms with Crippen LogP contribution < -0.4 is 5.32 Å². The van der Waals surface area contributed by atoms with Gasteiger partial charge in [0.2, 0.25) is 0 Å². The minimum absolute atomic E-state index is 0.0000277. The van der Waals surface area contributed by atoms with E-state index in [9.17, 15) is 13.6 Å². The summed E-state index contributed by atoms with van der Waals surface area (Å²) >= 11 is 6.04. The summed E-state index contributed by atoms with van der Waals surface area (Å²) in [5.41, 5.74) is 2.22. The van der Waals surface area contributed by atoms with Gasteiger partial charge in [-0.3, -0.25) is 4.79 Å². The van der Waals surface area contributed by atoms with E-state index >= 15 is 0 Å². The van der Waals surface area contributed by atoms with E-state index in [0.717, 1.165) is 22.5 Å². The number of nitrogens with one attached hydrogen (secondary N) is 2. The van der Waals surface area contributed by atoms with Crippen molar-refractivity contribution in [3.63, 3.8) is 0 Å². The Morgan fingerprint density at radius 1 is 1.17 bits per heavy atom. The van der Waals surface area contributed by atoms with Crippen molar-refractivity contribution in [3.05, 3.63) is 87.9 Å². The summed E-state index contributed by atoms with van der Waals surface area (Å²) in [6, 6.07) is 10.9. The number of aromatic nitrogens is 2. The Labute approximate surface area is 169 Å². The lowest BCUT2D eigenvalue weighted by Crippen LogP contribution is -2.25. The number of fused-ring (bicyclic) bond motifs is 1. The van der Waals surface area contributed by atoms with E-state index in [0.29, 0.717) is 18.0 Å². The molecule has 0 unspecified atom stereocenters. The first kappa shape index (κ1) is 19.1. The highest BCUT2D eigenvalue weighted by atomic mass is 35.5. The molecule has 5 nitrogen and oxygen atoms in total. The molecule has 4 rings (SSSR count). The van der Waals surface area contributed by atoms with Crippen molar-refractivity contribution < 1.29 is 18.1 Å². The van der Waals surface area contributed by atoms with Gasteiger partial charge in [-0.1, -0.05) is 28.9 Å². The van der Waals surface area contributed by atoms with Gasteiger partial charge in [-0.2, -0.15) is 0 Å². The Balaban J connectivity index is 1.37. The molecule has 0 aliphatic carbocycles. The number of carbonyl (C=O) groups is 1. The summed E-state index contributed by atoms with van der Waals surface area (Å²) in [6.45, 7) is 0.388. The number of benzene rings is 2. The predicted octanol–water partition coefficient (Wildman–Crippen LogP) is 4.65. The van der Waals surface area contributed by atoms with Crippen molar-refractivity contribution >= 4 is 28.4 Å². The molecule has 0 atom stereocenters. The van der Waals surface area contributed by atoms with Crippen molar-refractivity contribution in [1.29, 1.82) is 0 Å². The number of amides is 1. The third-order valence-corrected chi connectivity index (χ3v) is 4.83. The molecule has 2 aromatic heterocycles. The molecule has 2 heterocycles. The molecule has 0 fully saturated rings. The van der Waals surface area contributed by atoms with E-state index in [4.69, 9.17) is 16.1 Å². The highest BCUT2D eigenvalue weighted by Gasteiger charge is 2.15. The Hall–Kier alpha value is -3.19. The van der Waals surface area contributed by atoms with Crippen molar-refractivity contribution in [3.8, 4) is 0 Å². The number of nitrogens with zero attached hydrogens (tertiary/aromatic N) is 1. The summed E-state index contributed by atoms with van der Waals surface area (Å²) in [5.74, 6) is -2.00. The Bertz CT molecular complexity index is 1190. The van der Waals surface area contributed by atoms with Gasteiger partial charge in [-0.25, -0.2) is 8.78 Å². The number of halogens is 3. The summed E-state index contributed by atoms with van der Waals surface area (Å²) in [4.78, 5) is 15.4. The molecule has 0 radical (unpaired) electrons. The van der Waals surface area contributed by atoms with E-state index in [1.54, 1.807) is 0 Å². The molecule has 0 saturated carbocycles. The van der Waals surface area contributed by atoms with Gasteiger partial charge in [0.25, 0.3) is 5.91 Å². The second-order valence-electron chi connectivity index (χ2n) is 6.58. The quantitative estimate of drug-likeness (QED) is 0.481. The average molecular weight is 416 g/mol. The molecule has 0 bridgehead atoms. The van der Waals surface area contributed by atoms with E-state index in [1.165, 1.54) is 18.2 Å². The zero-order valence-corrected chi connectivity index (χ0v) is 15.9. The lowest BCUT2D eigenvalue weighted by atomic mass is 10.1. The summed E-state index contributed by atoms with van der Waals surface area (Å²) in [5, 5.41) is 8.14. The van der Waals surface area contributed by atoms with Crippen LogP contribution in [0, 0.1) is 11.6 Å². The SMILES string of the molecule is O=C(NCCc1c[nH]c2ccc(Cl)cc12)c1cc(Cc2cccc(F)c2F)on1. The highest BCUT2D eigenvalue weighted by molar-refractivity contribution is 6.31. The summed E-state index contributed by atoms with van der Waals surface area (Å²) in [6.07, 6.45) is 2.49. The van der Waals surface area contributed by atoms with Crippen molar-refractivity contribution in [2.45, 2.75) is 12.8 Å². The van der Waals surface area contributed by atoms with E-state index in [1.807, 2.05) is 24.4 Å². The molecule has 0 aliphatic heterocycles. The van der Waals surface area contributed by atoms with Gasteiger partial charge in [0.1, 0.15) is 5.76 Å². The van der Waals surface area contributed by atoms with Gasteiger partial charge in [-0.05, 0) is 41.8 Å². The number of aromatic amines is 1. The molecular weight excluding hydrogens is 400 g/mol. The second kappa shape index (κ2) is 8.05. The molecule has 0 saturated heterocycles.